The Bertz CT molecular complexity index is 466. The van der Waals surface area contributed by atoms with Crippen molar-refractivity contribution in [3.8, 4) is 0 Å². The molecule has 17 heavy (non-hydrogen) atoms. The Labute approximate surface area is 106 Å². The Kier molecular flexibility index (Phi) is 4.04. The van der Waals surface area contributed by atoms with Crippen LogP contribution in [0.4, 0.5) is 5.69 Å². The van der Waals surface area contributed by atoms with Crippen LogP contribution < -0.4 is 5.32 Å². The predicted molar refractivity (Wildman–Crippen MR) is 71.5 cm³/mol. The minimum absolute atomic E-state index is 0.815. The van der Waals surface area contributed by atoms with E-state index in [4.69, 9.17) is 11.6 Å². The van der Waals surface area contributed by atoms with Crippen LogP contribution in [0.15, 0.2) is 36.9 Å². The first kappa shape index (κ1) is 12.0. The first-order chi connectivity index (χ1) is 8.27. The van der Waals surface area contributed by atoms with Crippen LogP contribution >= 0.6 is 11.6 Å². The summed E-state index contributed by atoms with van der Waals surface area (Å²) < 4.78 is 2.07. The number of hydrogen-bond donors (Lipinski definition) is 1. The van der Waals surface area contributed by atoms with Gasteiger partial charge in [-0.3, -0.25) is 0 Å². The van der Waals surface area contributed by atoms with Gasteiger partial charge in [0.2, 0.25) is 0 Å². The molecule has 2 rings (SSSR count). The van der Waals surface area contributed by atoms with Crippen LogP contribution in [-0.4, -0.2) is 16.1 Å². The largest absolute Gasteiger partial charge is 0.384 e. The van der Waals surface area contributed by atoms with Crippen molar-refractivity contribution in [2.75, 3.05) is 11.9 Å². The second kappa shape index (κ2) is 5.73. The molecule has 0 spiro atoms. The van der Waals surface area contributed by atoms with Gasteiger partial charge in [0, 0.05) is 25.5 Å². The van der Waals surface area contributed by atoms with Crippen LogP contribution in [0.1, 0.15) is 12.0 Å². The summed E-state index contributed by atoms with van der Waals surface area (Å²) in [6.45, 7) is 3.89. The van der Waals surface area contributed by atoms with E-state index in [-0.39, 0.29) is 0 Å². The number of benzene rings is 1. The molecule has 1 heterocycles. The lowest BCUT2D eigenvalue weighted by Crippen LogP contribution is -2.06. The number of halogens is 1. The molecule has 3 nitrogen and oxygen atoms in total. The molecule has 0 bridgehead atoms. The van der Waals surface area contributed by atoms with Gasteiger partial charge in [-0.15, -0.1) is 0 Å². The summed E-state index contributed by atoms with van der Waals surface area (Å²) in [5.41, 5.74) is 2.11. The van der Waals surface area contributed by atoms with Gasteiger partial charge in [0.05, 0.1) is 17.0 Å². The lowest BCUT2D eigenvalue weighted by Gasteiger charge is -2.10. The van der Waals surface area contributed by atoms with Crippen molar-refractivity contribution < 1.29 is 0 Å². The van der Waals surface area contributed by atoms with Gasteiger partial charge in [0.25, 0.3) is 0 Å². The first-order valence-corrected chi connectivity index (χ1v) is 6.10. The summed E-state index contributed by atoms with van der Waals surface area (Å²) in [7, 11) is 0. The SMILES string of the molecule is Cc1cccc(NCCCn2ccnc2)c1Cl. The maximum Gasteiger partial charge on any atom is 0.0945 e. The molecule has 2 aromatic rings. The van der Waals surface area contributed by atoms with Crippen molar-refractivity contribution in [1.29, 1.82) is 0 Å². The standard InChI is InChI=1S/C13H16ClN3/c1-11-4-2-5-12(13(11)14)16-6-3-8-17-9-7-15-10-17/h2,4-5,7,9-10,16H,3,6,8H2,1H3. The van der Waals surface area contributed by atoms with E-state index in [1.165, 1.54) is 0 Å². The molecular formula is C13H16ClN3. The first-order valence-electron chi connectivity index (χ1n) is 5.72. The molecule has 0 atom stereocenters. The second-order valence-corrected chi connectivity index (χ2v) is 4.40. The summed E-state index contributed by atoms with van der Waals surface area (Å²) in [6, 6.07) is 6.03. The van der Waals surface area contributed by atoms with Crippen LogP contribution in [0.2, 0.25) is 5.02 Å². The van der Waals surface area contributed by atoms with Crippen LogP contribution in [0.3, 0.4) is 0 Å². The van der Waals surface area contributed by atoms with Gasteiger partial charge in [-0.25, -0.2) is 4.98 Å². The van der Waals surface area contributed by atoms with E-state index < -0.39 is 0 Å². The lowest BCUT2D eigenvalue weighted by molar-refractivity contribution is 0.661. The fourth-order valence-corrected chi connectivity index (χ4v) is 1.88. The second-order valence-electron chi connectivity index (χ2n) is 4.02. The summed E-state index contributed by atoms with van der Waals surface area (Å²) in [4.78, 5) is 4.01. The van der Waals surface area contributed by atoms with Crippen LogP contribution in [-0.2, 0) is 6.54 Å². The van der Waals surface area contributed by atoms with Gasteiger partial charge < -0.3 is 9.88 Å². The summed E-state index contributed by atoms with van der Waals surface area (Å²) in [5, 5.41) is 4.17. The number of aryl methyl sites for hydroxylation is 2. The van der Waals surface area contributed by atoms with Gasteiger partial charge in [-0.05, 0) is 25.0 Å². The molecule has 1 N–H and O–H groups in total. The molecule has 0 aliphatic heterocycles. The molecule has 0 fully saturated rings. The highest BCUT2D eigenvalue weighted by atomic mass is 35.5. The number of hydrogen-bond acceptors (Lipinski definition) is 2. The predicted octanol–water partition coefficient (Wildman–Crippen LogP) is 3.35. The fourth-order valence-electron chi connectivity index (χ4n) is 1.69. The molecule has 0 aliphatic carbocycles. The molecule has 1 aromatic carbocycles. The Morgan fingerprint density at radius 1 is 1.41 bits per heavy atom. The Morgan fingerprint density at radius 3 is 3.06 bits per heavy atom. The summed E-state index contributed by atoms with van der Waals surface area (Å²) in [6.07, 6.45) is 6.64. The minimum Gasteiger partial charge on any atom is -0.384 e. The van der Waals surface area contributed by atoms with Crippen molar-refractivity contribution in [3.63, 3.8) is 0 Å². The van der Waals surface area contributed by atoms with Crippen molar-refractivity contribution in [3.05, 3.63) is 47.5 Å². The lowest BCUT2D eigenvalue weighted by atomic mass is 10.2. The maximum atomic E-state index is 6.19. The molecule has 0 aliphatic rings. The number of nitrogens with one attached hydrogen (secondary N) is 1. The van der Waals surface area contributed by atoms with Gasteiger partial charge in [-0.2, -0.15) is 0 Å². The van der Waals surface area contributed by atoms with Gasteiger partial charge in [0.15, 0.2) is 0 Å². The molecule has 0 unspecified atom stereocenters. The highest BCUT2D eigenvalue weighted by Crippen LogP contribution is 2.24. The fraction of sp³-hybridized carbons (Fsp3) is 0.308. The zero-order valence-corrected chi connectivity index (χ0v) is 10.6. The quantitative estimate of drug-likeness (QED) is 0.824. The molecule has 0 amide bonds. The Balaban J connectivity index is 1.80. The van der Waals surface area contributed by atoms with Crippen LogP contribution in [0, 0.1) is 6.92 Å². The third-order valence-corrected chi connectivity index (χ3v) is 3.16. The molecular weight excluding hydrogens is 234 g/mol. The van der Waals surface area contributed by atoms with Gasteiger partial charge in [-0.1, -0.05) is 23.7 Å². The zero-order valence-electron chi connectivity index (χ0n) is 9.86. The summed E-state index contributed by atoms with van der Waals surface area (Å²) in [5.74, 6) is 0. The molecule has 4 heteroatoms. The van der Waals surface area contributed by atoms with Gasteiger partial charge in [0.1, 0.15) is 0 Å². The molecule has 1 aromatic heterocycles. The normalized spacial score (nSPS) is 10.5. The van der Waals surface area contributed by atoms with Crippen molar-refractivity contribution in [1.82, 2.24) is 9.55 Å². The number of imidazole rings is 1. The molecule has 0 saturated carbocycles. The van der Waals surface area contributed by atoms with Gasteiger partial charge >= 0.3 is 0 Å². The molecule has 0 saturated heterocycles. The van der Waals surface area contributed by atoms with E-state index in [9.17, 15) is 0 Å². The van der Waals surface area contributed by atoms with E-state index >= 15 is 0 Å². The van der Waals surface area contributed by atoms with E-state index in [1.807, 2.05) is 37.6 Å². The summed E-state index contributed by atoms with van der Waals surface area (Å²) >= 11 is 6.19. The van der Waals surface area contributed by atoms with Crippen molar-refractivity contribution in [2.24, 2.45) is 0 Å². The van der Waals surface area contributed by atoms with E-state index in [2.05, 4.69) is 14.9 Å². The van der Waals surface area contributed by atoms with E-state index in [0.717, 1.165) is 35.8 Å². The third kappa shape index (κ3) is 3.24. The van der Waals surface area contributed by atoms with E-state index in [0.29, 0.717) is 0 Å². The number of aromatic nitrogens is 2. The monoisotopic (exact) mass is 249 g/mol. The average molecular weight is 250 g/mol. The topological polar surface area (TPSA) is 29.9 Å². The Morgan fingerprint density at radius 2 is 2.29 bits per heavy atom. The van der Waals surface area contributed by atoms with Crippen molar-refractivity contribution >= 4 is 17.3 Å². The number of nitrogens with zero attached hydrogens (tertiary/aromatic N) is 2. The molecule has 90 valence electrons. The van der Waals surface area contributed by atoms with Crippen molar-refractivity contribution in [2.45, 2.75) is 19.9 Å². The highest BCUT2D eigenvalue weighted by Gasteiger charge is 2.01. The zero-order chi connectivity index (χ0) is 12.1. The smallest absolute Gasteiger partial charge is 0.0945 e. The maximum absolute atomic E-state index is 6.19. The third-order valence-electron chi connectivity index (χ3n) is 2.66. The molecule has 0 radical (unpaired) electrons. The highest BCUT2D eigenvalue weighted by molar-refractivity contribution is 6.33. The Hall–Kier alpha value is -1.48. The average Bonchev–Trinajstić information content (AvgIpc) is 2.83. The number of anilines is 1. The number of rotatable bonds is 5. The van der Waals surface area contributed by atoms with Crippen LogP contribution in [0.5, 0.6) is 0 Å². The van der Waals surface area contributed by atoms with E-state index in [1.54, 1.807) is 6.20 Å². The minimum atomic E-state index is 0.815. The van der Waals surface area contributed by atoms with Crippen LogP contribution in [0.25, 0.3) is 0 Å².